The van der Waals surface area contributed by atoms with Crippen LogP contribution in [0, 0.1) is 25.7 Å². The molecule has 0 saturated carbocycles. The van der Waals surface area contributed by atoms with E-state index >= 15 is 0 Å². The molecular weight excluding hydrogens is 266 g/mol. The van der Waals surface area contributed by atoms with Gasteiger partial charge in [-0.3, -0.25) is 9.48 Å². The van der Waals surface area contributed by atoms with E-state index < -0.39 is 0 Å². The molecule has 2 rings (SSSR count). The van der Waals surface area contributed by atoms with Crippen molar-refractivity contribution in [2.24, 2.45) is 7.05 Å². The minimum Gasteiger partial charge on any atom is -0.384 e. The number of carbonyl (C=O) groups excluding carboxylic acids is 1. The molecule has 5 heteroatoms. The molecular formula is C16H17N3O2. The van der Waals surface area contributed by atoms with Crippen LogP contribution >= 0.6 is 0 Å². The lowest BCUT2D eigenvalue weighted by molar-refractivity contribution is 0.102. The molecule has 0 radical (unpaired) electrons. The average Bonchev–Trinajstić information content (AvgIpc) is 2.78. The molecule has 0 bridgehead atoms. The van der Waals surface area contributed by atoms with Gasteiger partial charge >= 0.3 is 0 Å². The molecule has 0 aliphatic heterocycles. The van der Waals surface area contributed by atoms with Gasteiger partial charge < -0.3 is 10.4 Å². The van der Waals surface area contributed by atoms with Gasteiger partial charge in [-0.1, -0.05) is 17.9 Å². The van der Waals surface area contributed by atoms with Gasteiger partial charge in [-0.25, -0.2) is 0 Å². The zero-order chi connectivity index (χ0) is 15.4. The van der Waals surface area contributed by atoms with Gasteiger partial charge in [0.05, 0.1) is 11.3 Å². The molecule has 0 unspecified atom stereocenters. The Bertz CT molecular complexity index is 736. The highest BCUT2D eigenvalue weighted by molar-refractivity contribution is 6.05. The van der Waals surface area contributed by atoms with Crippen LogP contribution in [0.2, 0.25) is 0 Å². The van der Waals surface area contributed by atoms with Crippen molar-refractivity contribution in [3.05, 3.63) is 46.8 Å². The Balaban J connectivity index is 2.26. The Morgan fingerprint density at radius 3 is 2.81 bits per heavy atom. The van der Waals surface area contributed by atoms with E-state index in [2.05, 4.69) is 22.3 Å². The highest BCUT2D eigenvalue weighted by atomic mass is 16.2. The van der Waals surface area contributed by atoms with Crippen LogP contribution in [0.4, 0.5) is 5.69 Å². The molecule has 0 aliphatic carbocycles. The third-order valence-electron chi connectivity index (χ3n) is 3.06. The summed E-state index contributed by atoms with van der Waals surface area (Å²) in [5.41, 5.74) is 3.62. The van der Waals surface area contributed by atoms with E-state index in [-0.39, 0.29) is 12.5 Å². The predicted octanol–water partition coefficient (Wildman–Crippen LogP) is 1.63. The van der Waals surface area contributed by atoms with Gasteiger partial charge in [0.25, 0.3) is 5.91 Å². The molecule has 2 N–H and O–H groups in total. The van der Waals surface area contributed by atoms with Crippen molar-refractivity contribution in [1.82, 2.24) is 9.78 Å². The lowest BCUT2D eigenvalue weighted by Gasteiger charge is -2.08. The molecule has 0 fully saturated rings. The topological polar surface area (TPSA) is 67.2 Å². The second-order valence-corrected chi connectivity index (χ2v) is 4.75. The van der Waals surface area contributed by atoms with Crippen molar-refractivity contribution < 1.29 is 9.90 Å². The Morgan fingerprint density at radius 2 is 2.19 bits per heavy atom. The molecule has 21 heavy (non-hydrogen) atoms. The van der Waals surface area contributed by atoms with Crippen LogP contribution in [0.5, 0.6) is 0 Å². The van der Waals surface area contributed by atoms with Crippen molar-refractivity contribution in [3.8, 4) is 11.8 Å². The smallest absolute Gasteiger partial charge is 0.259 e. The summed E-state index contributed by atoms with van der Waals surface area (Å²) in [7, 11) is 1.78. The minimum atomic E-state index is -0.198. The number of carbonyl (C=O) groups is 1. The number of nitrogens with zero attached hydrogens (tertiary/aromatic N) is 2. The summed E-state index contributed by atoms with van der Waals surface area (Å²) in [5, 5.41) is 15.8. The van der Waals surface area contributed by atoms with Crippen LogP contribution in [0.15, 0.2) is 24.4 Å². The normalized spacial score (nSPS) is 9.90. The van der Waals surface area contributed by atoms with Crippen LogP contribution in [0.3, 0.4) is 0 Å². The van der Waals surface area contributed by atoms with E-state index in [0.29, 0.717) is 16.9 Å². The molecule has 1 heterocycles. The van der Waals surface area contributed by atoms with E-state index in [1.807, 2.05) is 19.1 Å². The molecule has 1 amide bonds. The number of benzene rings is 1. The third kappa shape index (κ3) is 3.50. The maximum absolute atomic E-state index is 12.3. The number of hydrogen-bond acceptors (Lipinski definition) is 3. The summed E-state index contributed by atoms with van der Waals surface area (Å²) in [5.74, 6) is 5.21. The predicted molar refractivity (Wildman–Crippen MR) is 81.0 cm³/mol. The van der Waals surface area contributed by atoms with Crippen molar-refractivity contribution in [3.63, 3.8) is 0 Å². The van der Waals surface area contributed by atoms with Crippen LogP contribution < -0.4 is 5.32 Å². The molecule has 1 aromatic carbocycles. The maximum Gasteiger partial charge on any atom is 0.259 e. The summed E-state index contributed by atoms with van der Waals surface area (Å²) >= 11 is 0. The fourth-order valence-corrected chi connectivity index (χ4v) is 1.99. The summed E-state index contributed by atoms with van der Waals surface area (Å²) in [4.78, 5) is 12.3. The van der Waals surface area contributed by atoms with Gasteiger partial charge in [0, 0.05) is 24.5 Å². The summed E-state index contributed by atoms with van der Waals surface area (Å²) in [6, 6.07) is 5.53. The molecule has 1 aromatic heterocycles. The molecule has 0 spiro atoms. The van der Waals surface area contributed by atoms with Crippen molar-refractivity contribution in [1.29, 1.82) is 0 Å². The van der Waals surface area contributed by atoms with Gasteiger partial charge in [0.15, 0.2) is 0 Å². The fourth-order valence-electron chi connectivity index (χ4n) is 1.99. The SMILES string of the molecule is Cc1ccc(C#CCO)cc1NC(=O)c1cn(C)nc1C. The average molecular weight is 283 g/mol. The Labute approximate surface area is 123 Å². The van der Waals surface area contributed by atoms with Crippen LogP contribution in [-0.4, -0.2) is 27.4 Å². The zero-order valence-electron chi connectivity index (χ0n) is 12.3. The number of aliphatic hydroxyl groups excluding tert-OH is 1. The van der Waals surface area contributed by atoms with Crippen LogP contribution in [0.25, 0.3) is 0 Å². The number of aryl methyl sites for hydroxylation is 3. The lowest BCUT2D eigenvalue weighted by atomic mass is 10.1. The Hall–Kier alpha value is -2.58. The molecule has 108 valence electrons. The second-order valence-electron chi connectivity index (χ2n) is 4.75. The van der Waals surface area contributed by atoms with E-state index in [1.54, 1.807) is 30.9 Å². The first kappa shape index (κ1) is 14.8. The Morgan fingerprint density at radius 1 is 1.43 bits per heavy atom. The van der Waals surface area contributed by atoms with Gasteiger partial charge in [-0.2, -0.15) is 5.10 Å². The minimum absolute atomic E-state index is 0.190. The van der Waals surface area contributed by atoms with Crippen molar-refractivity contribution in [2.75, 3.05) is 11.9 Å². The number of aromatic nitrogens is 2. The molecule has 2 aromatic rings. The fraction of sp³-hybridized carbons (Fsp3) is 0.250. The van der Waals surface area contributed by atoms with Crippen molar-refractivity contribution >= 4 is 11.6 Å². The molecule has 0 aliphatic rings. The highest BCUT2D eigenvalue weighted by Gasteiger charge is 2.13. The largest absolute Gasteiger partial charge is 0.384 e. The van der Waals surface area contributed by atoms with E-state index in [4.69, 9.17) is 5.11 Å². The number of rotatable bonds is 2. The summed E-state index contributed by atoms with van der Waals surface area (Å²) in [6.45, 7) is 3.52. The van der Waals surface area contributed by atoms with Crippen LogP contribution in [-0.2, 0) is 7.05 Å². The monoisotopic (exact) mass is 283 g/mol. The number of anilines is 1. The molecule has 0 atom stereocenters. The van der Waals surface area contributed by atoms with Crippen LogP contribution in [0.1, 0.15) is 27.2 Å². The molecule has 5 nitrogen and oxygen atoms in total. The van der Waals surface area contributed by atoms with E-state index in [1.165, 1.54) is 0 Å². The van der Waals surface area contributed by atoms with Gasteiger partial charge in [0.2, 0.25) is 0 Å². The summed E-state index contributed by atoms with van der Waals surface area (Å²) in [6.07, 6.45) is 1.69. The van der Waals surface area contributed by atoms with Gasteiger partial charge in [-0.05, 0) is 31.5 Å². The Kier molecular flexibility index (Phi) is 4.41. The number of amides is 1. The lowest BCUT2D eigenvalue weighted by Crippen LogP contribution is -2.13. The maximum atomic E-state index is 12.3. The number of nitrogens with one attached hydrogen (secondary N) is 1. The second kappa shape index (κ2) is 6.25. The van der Waals surface area contributed by atoms with Gasteiger partial charge in [-0.15, -0.1) is 0 Å². The van der Waals surface area contributed by atoms with E-state index in [0.717, 1.165) is 11.1 Å². The highest BCUT2D eigenvalue weighted by Crippen LogP contribution is 2.18. The first-order valence-electron chi connectivity index (χ1n) is 6.53. The number of hydrogen-bond donors (Lipinski definition) is 2. The first-order valence-corrected chi connectivity index (χ1v) is 6.53. The number of aliphatic hydroxyl groups is 1. The first-order chi connectivity index (χ1) is 10.0. The zero-order valence-corrected chi connectivity index (χ0v) is 12.3. The van der Waals surface area contributed by atoms with E-state index in [9.17, 15) is 4.79 Å². The standard InChI is InChI=1S/C16H17N3O2/c1-11-6-7-13(5-4-8-20)9-15(11)17-16(21)14-10-19(3)18-12(14)2/h6-7,9-10,20H,8H2,1-3H3,(H,17,21). The summed E-state index contributed by atoms with van der Waals surface area (Å²) < 4.78 is 1.61. The molecule has 0 saturated heterocycles. The quantitative estimate of drug-likeness (QED) is 0.823. The van der Waals surface area contributed by atoms with Crippen molar-refractivity contribution in [2.45, 2.75) is 13.8 Å². The van der Waals surface area contributed by atoms with Gasteiger partial charge in [0.1, 0.15) is 6.61 Å². The third-order valence-corrected chi connectivity index (χ3v) is 3.06.